The largest absolute Gasteiger partial charge is 0.368 e. The molecule has 3 N–H and O–H groups in total. The summed E-state index contributed by atoms with van der Waals surface area (Å²) in [5.74, 6) is -0.231. The fraction of sp³-hybridized carbons (Fsp3) is 0.462. The number of amides is 1. The van der Waals surface area contributed by atoms with Crippen LogP contribution in [0.1, 0.15) is 5.56 Å². The van der Waals surface area contributed by atoms with Gasteiger partial charge in [-0.2, -0.15) is 0 Å². The van der Waals surface area contributed by atoms with Crippen molar-refractivity contribution in [3.05, 3.63) is 35.9 Å². The van der Waals surface area contributed by atoms with Crippen molar-refractivity contribution in [2.45, 2.75) is 12.5 Å². The molecule has 92 valence electrons. The van der Waals surface area contributed by atoms with E-state index in [0.29, 0.717) is 6.54 Å². The second-order valence-corrected chi connectivity index (χ2v) is 4.39. The van der Waals surface area contributed by atoms with Crippen molar-refractivity contribution in [1.82, 2.24) is 10.2 Å². The van der Waals surface area contributed by atoms with Crippen molar-refractivity contribution in [3.63, 3.8) is 0 Å². The average Bonchev–Trinajstić information content (AvgIpc) is 2.38. The van der Waals surface area contributed by atoms with Crippen LogP contribution in [0.25, 0.3) is 0 Å². The third kappa shape index (κ3) is 3.28. The second kappa shape index (κ2) is 5.80. The van der Waals surface area contributed by atoms with Crippen LogP contribution in [0, 0.1) is 0 Å². The van der Waals surface area contributed by atoms with E-state index in [1.54, 1.807) is 0 Å². The lowest BCUT2D eigenvalue weighted by atomic mass is 10.1. The van der Waals surface area contributed by atoms with Gasteiger partial charge in [0.25, 0.3) is 0 Å². The van der Waals surface area contributed by atoms with Gasteiger partial charge in [-0.1, -0.05) is 30.3 Å². The predicted molar refractivity (Wildman–Crippen MR) is 67.6 cm³/mol. The Kier molecular flexibility index (Phi) is 4.12. The van der Waals surface area contributed by atoms with Crippen molar-refractivity contribution >= 4 is 5.91 Å². The lowest BCUT2D eigenvalue weighted by Gasteiger charge is -2.34. The number of nitrogens with two attached hydrogens (primary N) is 1. The summed E-state index contributed by atoms with van der Waals surface area (Å²) in [5, 5.41) is 3.20. The average molecular weight is 233 g/mol. The Morgan fingerprint density at radius 1 is 1.41 bits per heavy atom. The summed E-state index contributed by atoms with van der Waals surface area (Å²) < 4.78 is 0. The quantitative estimate of drug-likeness (QED) is 0.769. The number of hydrogen-bond donors (Lipinski definition) is 2. The number of benzene rings is 1. The van der Waals surface area contributed by atoms with Gasteiger partial charge in [0.2, 0.25) is 5.91 Å². The number of nitrogens with one attached hydrogen (secondary N) is 1. The Labute approximate surface area is 102 Å². The van der Waals surface area contributed by atoms with Crippen molar-refractivity contribution in [2.24, 2.45) is 5.73 Å². The molecule has 1 saturated heterocycles. The molecule has 1 fully saturated rings. The zero-order chi connectivity index (χ0) is 12.1. The second-order valence-electron chi connectivity index (χ2n) is 4.39. The first-order valence-corrected chi connectivity index (χ1v) is 6.05. The molecule has 1 aromatic rings. The van der Waals surface area contributed by atoms with E-state index in [9.17, 15) is 4.79 Å². The van der Waals surface area contributed by atoms with Gasteiger partial charge in [-0.3, -0.25) is 9.69 Å². The lowest BCUT2D eigenvalue weighted by molar-refractivity contribution is -0.123. The molecule has 0 unspecified atom stereocenters. The zero-order valence-corrected chi connectivity index (χ0v) is 9.93. The van der Waals surface area contributed by atoms with Gasteiger partial charge in [-0.15, -0.1) is 0 Å². The monoisotopic (exact) mass is 233 g/mol. The minimum atomic E-state index is -0.231. The first kappa shape index (κ1) is 12.1. The number of hydrogen-bond acceptors (Lipinski definition) is 3. The number of piperazine rings is 1. The van der Waals surface area contributed by atoms with Gasteiger partial charge in [0.1, 0.15) is 6.04 Å². The van der Waals surface area contributed by atoms with E-state index in [-0.39, 0.29) is 11.9 Å². The number of primary amides is 1. The number of carbonyl (C=O) groups is 1. The van der Waals surface area contributed by atoms with Gasteiger partial charge < -0.3 is 11.1 Å². The Balaban J connectivity index is 1.90. The minimum Gasteiger partial charge on any atom is -0.368 e. The SMILES string of the molecule is NC(=O)[C@H]1CNCCN1CCc1ccccc1. The number of rotatable bonds is 4. The standard InChI is InChI=1S/C13H19N3O/c14-13(17)12-10-15-7-9-16(12)8-6-11-4-2-1-3-5-11/h1-5,12,15H,6-10H2,(H2,14,17)/t12-/m1/s1. The lowest BCUT2D eigenvalue weighted by Crippen LogP contribution is -2.57. The Morgan fingerprint density at radius 3 is 2.88 bits per heavy atom. The summed E-state index contributed by atoms with van der Waals surface area (Å²) in [6.07, 6.45) is 0.963. The summed E-state index contributed by atoms with van der Waals surface area (Å²) in [6, 6.07) is 10.2. The molecule has 1 aliphatic heterocycles. The molecule has 0 saturated carbocycles. The highest BCUT2D eigenvalue weighted by Crippen LogP contribution is 2.06. The molecular formula is C13H19N3O. The summed E-state index contributed by atoms with van der Waals surface area (Å²) in [7, 11) is 0. The van der Waals surface area contributed by atoms with E-state index in [1.807, 2.05) is 18.2 Å². The van der Waals surface area contributed by atoms with Crippen LogP contribution in [0.5, 0.6) is 0 Å². The Bertz CT molecular complexity index is 366. The molecule has 0 aliphatic carbocycles. The van der Waals surface area contributed by atoms with Crippen LogP contribution < -0.4 is 11.1 Å². The number of carbonyl (C=O) groups excluding carboxylic acids is 1. The predicted octanol–water partition coefficient (Wildman–Crippen LogP) is -0.0118. The van der Waals surface area contributed by atoms with Gasteiger partial charge in [-0.05, 0) is 12.0 Å². The molecule has 0 spiro atoms. The van der Waals surface area contributed by atoms with E-state index in [1.165, 1.54) is 5.56 Å². The van der Waals surface area contributed by atoms with Gasteiger partial charge >= 0.3 is 0 Å². The smallest absolute Gasteiger partial charge is 0.236 e. The third-order valence-corrected chi connectivity index (χ3v) is 3.21. The van der Waals surface area contributed by atoms with Gasteiger partial charge in [0, 0.05) is 26.2 Å². The van der Waals surface area contributed by atoms with Crippen LogP contribution in [-0.2, 0) is 11.2 Å². The summed E-state index contributed by atoms with van der Waals surface area (Å²) in [5.41, 5.74) is 6.71. The number of nitrogens with zero attached hydrogens (tertiary/aromatic N) is 1. The highest BCUT2D eigenvalue weighted by molar-refractivity contribution is 5.80. The normalized spacial score (nSPS) is 21.3. The zero-order valence-electron chi connectivity index (χ0n) is 9.93. The molecule has 4 heteroatoms. The molecule has 1 amide bonds. The van der Waals surface area contributed by atoms with Crippen LogP contribution in [0.15, 0.2) is 30.3 Å². The van der Waals surface area contributed by atoms with Crippen molar-refractivity contribution in [3.8, 4) is 0 Å². The maximum atomic E-state index is 11.3. The molecule has 1 aromatic carbocycles. The summed E-state index contributed by atoms with van der Waals surface area (Å²) >= 11 is 0. The highest BCUT2D eigenvalue weighted by atomic mass is 16.1. The maximum Gasteiger partial charge on any atom is 0.236 e. The fourth-order valence-corrected chi connectivity index (χ4v) is 2.21. The summed E-state index contributed by atoms with van der Waals surface area (Å²) in [4.78, 5) is 13.5. The Hall–Kier alpha value is -1.39. The van der Waals surface area contributed by atoms with Crippen LogP contribution in [0.4, 0.5) is 0 Å². The molecule has 4 nitrogen and oxygen atoms in total. The molecule has 0 bridgehead atoms. The van der Waals surface area contributed by atoms with E-state index in [0.717, 1.165) is 26.1 Å². The highest BCUT2D eigenvalue weighted by Gasteiger charge is 2.25. The first-order chi connectivity index (χ1) is 8.27. The minimum absolute atomic E-state index is 0.160. The maximum absolute atomic E-state index is 11.3. The van der Waals surface area contributed by atoms with Crippen molar-refractivity contribution < 1.29 is 4.79 Å². The summed E-state index contributed by atoms with van der Waals surface area (Å²) in [6.45, 7) is 3.38. The first-order valence-electron chi connectivity index (χ1n) is 6.05. The van der Waals surface area contributed by atoms with Crippen LogP contribution in [-0.4, -0.2) is 43.0 Å². The van der Waals surface area contributed by atoms with Crippen LogP contribution in [0.2, 0.25) is 0 Å². The fourth-order valence-electron chi connectivity index (χ4n) is 2.21. The van der Waals surface area contributed by atoms with E-state index < -0.39 is 0 Å². The Morgan fingerprint density at radius 2 is 2.18 bits per heavy atom. The van der Waals surface area contributed by atoms with Gasteiger partial charge in [0.15, 0.2) is 0 Å². The molecule has 1 aliphatic rings. The van der Waals surface area contributed by atoms with E-state index in [2.05, 4.69) is 22.3 Å². The van der Waals surface area contributed by atoms with Gasteiger partial charge in [0.05, 0.1) is 0 Å². The van der Waals surface area contributed by atoms with Gasteiger partial charge in [-0.25, -0.2) is 0 Å². The molecule has 1 atom stereocenters. The molecule has 2 rings (SSSR count). The molecule has 0 radical (unpaired) electrons. The van der Waals surface area contributed by atoms with E-state index >= 15 is 0 Å². The molecule has 1 heterocycles. The third-order valence-electron chi connectivity index (χ3n) is 3.21. The topological polar surface area (TPSA) is 58.4 Å². The van der Waals surface area contributed by atoms with Crippen LogP contribution >= 0.6 is 0 Å². The van der Waals surface area contributed by atoms with Crippen molar-refractivity contribution in [1.29, 1.82) is 0 Å². The van der Waals surface area contributed by atoms with E-state index in [4.69, 9.17) is 5.73 Å². The van der Waals surface area contributed by atoms with Crippen molar-refractivity contribution in [2.75, 3.05) is 26.2 Å². The van der Waals surface area contributed by atoms with Crippen LogP contribution in [0.3, 0.4) is 0 Å². The molecule has 0 aromatic heterocycles. The molecular weight excluding hydrogens is 214 g/mol. The molecule has 17 heavy (non-hydrogen) atoms.